The molecule has 0 bridgehead atoms. The first-order valence-electron chi connectivity index (χ1n) is 9.51. The number of carbonyl (C=O) groups is 1. The van der Waals surface area contributed by atoms with Crippen molar-refractivity contribution in [3.8, 4) is 0 Å². The summed E-state index contributed by atoms with van der Waals surface area (Å²) in [5.41, 5.74) is 0. The Morgan fingerprint density at radius 1 is 1.21 bits per heavy atom. The Morgan fingerprint density at radius 3 is 2.62 bits per heavy atom. The highest BCUT2D eigenvalue weighted by atomic mass is 16.5. The van der Waals surface area contributed by atoms with E-state index >= 15 is 0 Å². The molecule has 140 valence electrons. The number of ether oxygens (including phenoxy) is 1. The monoisotopic (exact) mass is 340 g/mol. The molecule has 1 saturated carbocycles. The summed E-state index contributed by atoms with van der Waals surface area (Å²) < 4.78 is 5.56. The molecule has 0 aromatic heterocycles. The van der Waals surface area contributed by atoms with E-state index in [1.165, 1.54) is 19.3 Å². The molecular weight excluding hydrogens is 304 g/mol. The molecule has 6 heteroatoms. The maximum Gasteiger partial charge on any atom is 0.242 e. The Morgan fingerprint density at radius 2 is 1.96 bits per heavy atom. The van der Waals surface area contributed by atoms with Crippen LogP contribution in [0.4, 0.5) is 0 Å². The number of amides is 1. The SMILES string of the molecule is CCNC(=NCC(=O)NC1CCCCC1)NCCCOCC(C)C. The highest BCUT2D eigenvalue weighted by Crippen LogP contribution is 2.17. The van der Waals surface area contributed by atoms with E-state index in [2.05, 4.69) is 34.8 Å². The fraction of sp³-hybridized carbons (Fsp3) is 0.889. The zero-order chi connectivity index (χ0) is 17.6. The Bertz CT molecular complexity index is 366. The van der Waals surface area contributed by atoms with Crippen LogP contribution in [-0.2, 0) is 9.53 Å². The lowest BCUT2D eigenvalue weighted by atomic mass is 9.95. The second-order valence-electron chi connectivity index (χ2n) is 6.85. The number of aliphatic imine (C=N–C) groups is 1. The number of rotatable bonds is 10. The molecule has 0 aromatic carbocycles. The van der Waals surface area contributed by atoms with E-state index in [0.29, 0.717) is 17.9 Å². The van der Waals surface area contributed by atoms with Crippen molar-refractivity contribution in [1.82, 2.24) is 16.0 Å². The summed E-state index contributed by atoms with van der Waals surface area (Å²) >= 11 is 0. The van der Waals surface area contributed by atoms with Crippen molar-refractivity contribution in [2.45, 2.75) is 65.3 Å². The molecule has 0 aromatic rings. The first-order valence-corrected chi connectivity index (χ1v) is 9.51. The van der Waals surface area contributed by atoms with E-state index < -0.39 is 0 Å². The van der Waals surface area contributed by atoms with Crippen LogP contribution in [0.15, 0.2) is 4.99 Å². The maximum atomic E-state index is 12.0. The Balaban J connectivity index is 2.21. The summed E-state index contributed by atoms with van der Waals surface area (Å²) in [7, 11) is 0. The minimum absolute atomic E-state index is 0.0133. The average molecular weight is 341 g/mol. The van der Waals surface area contributed by atoms with E-state index in [1.807, 2.05) is 6.92 Å². The van der Waals surface area contributed by atoms with Gasteiger partial charge in [-0.2, -0.15) is 0 Å². The van der Waals surface area contributed by atoms with Crippen LogP contribution >= 0.6 is 0 Å². The molecular formula is C18H36N4O2. The van der Waals surface area contributed by atoms with E-state index in [0.717, 1.165) is 45.6 Å². The first-order chi connectivity index (χ1) is 11.6. The minimum atomic E-state index is 0.0133. The van der Waals surface area contributed by atoms with Gasteiger partial charge in [-0.05, 0) is 32.1 Å². The fourth-order valence-electron chi connectivity index (χ4n) is 2.71. The second kappa shape index (κ2) is 13.0. The largest absolute Gasteiger partial charge is 0.381 e. The summed E-state index contributed by atoms with van der Waals surface area (Å²) in [6.07, 6.45) is 6.86. The molecule has 3 N–H and O–H groups in total. The van der Waals surface area contributed by atoms with Crippen LogP contribution in [0.1, 0.15) is 59.3 Å². The Kier molecular flexibility index (Phi) is 11.3. The molecule has 1 aliphatic rings. The molecule has 0 aliphatic heterocycles. The van der Waals surface area contributed by atoms with Gasteiger partial charge in [0.1, 0.15) is 6.54 Å². The van der Waals surface area contributed by atoms with Crippen molar-refractivity contribution in [2.24, 2.45) is 10.9 Å². The third kappa shape index (κ3) is 10.5. The van der Waals surface area contributed by atoms with Gasteiger partial charge in [-0.3, -0.25) is 4.79 Å². The Hall–Kier alpha value is -1.30. The summed E-state index contributed by atoms with van der Waals surface area (Å²) in [4.78, 5) is 16.4. The Labute approximate surface area is 147 Å². The fourth-order valence-corrected chi connectivity index (χ4v) is 2.71. The summed E-state index contributed by atoms with van der Waals surface area (Å²) in [6, 6.07) is 0.343. The zero-order valence-corrected chi connectivity index (χ0v) is 15.7. The van der Waals surface area contributed by atoms with Gasteiger partial charge in [-0.25, -0.2) is 4.99 Å². The third-order valence-electron chi connectivity index (χ3n) is 3.90. The standard InChI is InChI=1S/C18H36N4O2/c1-4-19-18(20-11-8-12-24-14-15(2)3)21-13-17(23)22-16-9-6-5-7-10-16/h15-16H,4-14H2,1-3H3,(H,22,23)(H2,19,20,21). The van der Waals surface area contributed by atoms with Crippen molar-refractivity contribution in [3.63, 3.8) is 0 Å². The number of carbonyl (C=O) groups excluding carboxylic acids is 1. The predicted octanol–water partition coefficient (Wildman–Crippen LogP) is 2.05. The molecule has 0 radical (unpaired) electrons. The van der Waals surface area contributed by atoms with E-state index in [9.17, 15) is 4.79 Å². The van der Waals surface area contributed by atoms with Crippen LogP contribution in [0.25, 0.3) is 0 Å². The van der Waals surface area contributed by atoms with Crippen molar-refractivity contribution in [3.05, 3.63) is 0 Å². The second-order valence-corrected chi connectivity index (χ2v) is 6.85. The van der Waals surface area contributed by atoms with Crippen LogP contribution < -0.4 is 16.0 Å². The molecule has 6 nitrogen and oxygen atoms in total. The summed E-state index contributed by atoms with van der Waals surface area (Å²) in [5, 5.41) is 9.50. The quantitative estimate of drug-likeness (QED) is 0.323. The lowest BCUT2D eigenvalue weighted by Gasteiger charge is -2.22. The number of hydrogen-bond donors (Lipinski definition) is 3. The van der Waals surface area contributed by atoms with Gasteiger partial charge in [0.25, 0.3) is 0 Å². The number of hydrogen-bond acceptors (Lipinski definition) is 3. The molecule has 0 spiro atoms. The molecule has 0 saturated heterocycles. The predicted molar refractivity (Wildman–Crippen MR) is 99.3 cm³/mol. The van der Waals surface area contributed by atoms with Crippen LogP contribution in [0.2, 0.25) is 0 Å². The number of guanidine groups is 1. The average Bonchev–Trinajstić information content (AvgIpc) is 2.56. The topological polar surface area (TPSA) is 74.8 Å². The maximum absolute atomic E-state index is 12.0. The molecule has 1 fully saturated rings. The van der Waals surface area contributed by atoms with Crippen LogP contribution in [0, 0.1) is 5.92 Å². The van der Waals surface area contributed by atoms with Gasteiger partial charge >= 0.3 is 0 Å². The molecule has 1 amide bonds. The van der Waals surface area contributed by atoms with Crippen molar-refractivity contribution in [1.29, 1.82) is 0 Å². The van der Waals surface area contributed by atoms with Crippen molar-refractivity contribution < 1.29 is 9.53 Å². The van der Waals surface area contributed by atoms with Crippen molar-refractivity contribution >= 4 is 11.9 Å². The van der Waals surface area contributed by atoms with Crippen LogP contribution in [-0.4, -0.2) is 50.8 Å². The molecule has 0 unspecified atom stereocenters. The highest BCUT2D eigenvalue weighted by Gasteiger charge is 2.15. The minimum Gasteiger partial charge on any atom is -0.381 e. The number of nitrogens with one attached hydrogen (secondary N) is 3. The van der Waals surface area contributed by atoms with Gasteiger partial charge < -0.3 is 20.7 Å². The van der Waals surface area contributed by atoms with E-state index in [4.69, 9.17) is 4.74 Å². The van der Waals surface area contributed by atoms with Crippen LogP contribution in [0.3, 0.4) is 0 Å². The first kappa shape index (κ1) is 20.7. The van der Waals surface area contributed by atoms with Gasteiger partial charge in [0.15, 0.2) is 5.96 Å². The van der Waals surface area contributed by atoms with Gasteiger partial charge in [0.2, 0.25) is 5.91 Å². The van der Waals surface area contributed by atoms with Gasteiger partial charge in [-0.1, -0.05) is 33.1 Å². The van der Waals surface area contributed by atoms with Gasteiger partial charge in [-0.15, -0.1) is 0 Å². The highest BCUT2D eigenvalue weighted by molar-refractivity contribution is 5.84. The summed E-state index contributed by atoms with van der Waals surface area (Å²) in [6.45, 7) is 9.59. The smallest absolute Gasteiger partial charge is 0.242 e. The molecule has 0 heterocycles. The molecule has 1 aliphatic carbocycles. The van der Waals surface area contributed by atoms with E-state index in [-0.39, 0.29) is 12.5 Å². The zero-order valence-electron chi connectivity index (χ0n) is 15.7. The van der Waals surface area contributed by atoms with Gasteiger partial charge in [0, 0.05) is 32.3 Å². The van der Waals surface area contributed by atoms with E-state index in [1.54, 1.807) is 0 Å². The molecule has 1 rings (SSSR count). The normalized spacial score (nSPS) is 16.2. The molecule has 24 heavy (non-hydrogen) atoms. The van der Waals surface area contributed by atoms with Crippen molar-refractivity contribution in [2.75, 3.05) is 32.8 Å². The molecule has 0 atom stereocenters. The number of nitrogens with zero attached hydrogens (tertiary/aromatic N) is 1. The van der Waals surface area contributed by atoms with Crippen LogP contribution in [0.5, 0.6) is 0 Å². The van der Waals surface area contributed by atoms with Gasteiger partial charge in [0.05, 0.1) is 0 Å². The lowest BCUT2D eigenvalue weighted by molar-refractivity contribution is -0.120. The third-order valence-corrected chi connectivity index (χ3v) is 3.90. The summed E-state index contributed by atoms with van der Waals surface area (Å²) in [5.74, 6) is 1.28. The lowest BCUT2D eigenvalue weighted by Crippen LogP contribution is -2.41.